The van der Waals surface area contributed by atoms with E-state index in [1.807, 2.05) is 0 Å². The van der Waals surface area contributed by atoms with Crippen LogP contribution in [-0.4, -0.2) is 28.4 Å². The largest absolute Gasteiger partial charge is 0.508 e. The summed E-state index contributed by atoms with van der Waals surface area (Å²) in [6.07, 6.45) is 0.946. The maximum atomic E-state index is 12.0. The number of hydrogen-bond acceptors (Lipinski definition) is 4. The van der Waals surface area contributed by atoms with Gasteiger partial charge in [-0.3, -0.25) is 4.79 Å². The lowest BCUT2D eigenvalue weighted by atomic mass is 10.0. The number of phenolic OH excluding ortho intramolecular Hbond substituents is 1. The van der Waals surface area contributed by atoms with Crippen LogP contribution in [0.4, 0.5) is 0 Å². The van der Waals surface area contributed by atoms with Gasteiger partial charge in [0.25, 0.3) is 5.91 Å². The number of rotatable bonds is 7. The van der Waals surface area contributed by atoms with Crippen LogP contribution >= 0.6 is 11.6 Å². The summed E-state index contributed by atoms with van der Waals surface area (Å²) < 4.78 is 0. The fourth-order valence-corrected chi connectivity index (χ4v) is 2.71. The average molecular weight is 362 g/mol. The predicted molar refractivity (Wildman–Crippen MR) is 95.8 cm³/mol. The van der Waals surface area contributed by atoms with Gasteiger partial charge in [0.1, 0.15) is 12.0 Å². The van der Waals surface area contributed by atoms with Crippen LogP contribution in [0.3, 0.4) is 0 Å². The highest BCUT2D eigenvalue weighted by Crippen LogP contribution is 2.24. The van der Waals surface area contributed by atoms with E-state index in [0.29, 0.717) is 35.3 Å². The molecule has 1 unspecified atom stereocenters. The third-order valence-electron chi connectivity index (χ3n) is 3.80. The molecule has 2 aromatic carbocycles. The van der Waals surface area contributed by atoms with E-state index < -0.39 is 18.1 Å². The molecule has 132 valence electrons. The number of aromatic hydroxyl groups is 1. The summed E-state index contributed by atoms with van der Waals surface area (Å²) in [5.41, 5.74) is 1.82. The number of carbonyl (C=O) groups is 2. The van der Waals surface area contributed by atoms with Gasteiger partial charge in [0.15, 0.2) is 0 Å². The van der Waals surface area contributed by atoms with Crippen LogP contribution in [0.15, 0.2) is 42.5 Å². The highest BCUT2D eigenvalue weighted by molar-refractivity contribution is 6.33. The van der Waals surface area contributed by atoms with Gasteiger partial charge in [-0.2, -0.15) is 0 Å². The molecule has 6 heteroatoms. The topological polar surface area (TPSA) is 86.6 Å². The van der Waals surface area contributed by atoms with Crippen molar-refractivity contribution in [2.45, 2.75) is 31.9 Å². The zero-order valence-electron chi connectivity index (χ0n) is 13.8. The smallest absolute Gasteiger partial charge is 0.253 e. The molecule has 0 saturated carbocycles. The van der Waals surface area contributed by atoms with E-state index in [2.05, 4.69) is 5.32 Å². The van der Waals surface area contributed by atoms with E-state index in [9.17, 15) is 19.8 Å². The zero-order valence-corrected chi connectivity index (χ0v) is 14.5. The lowest BCUT2D eigenvalue weighted by Gasteiger charge is -2.13. The summed E-state index contributed by atoms with van der Waals surface area (Å²) in [5.74, 6) is -0.296. The highest BCUT2D eigenvalue weighted by Gasteiger charge is 2.14. The molecule has 0 spiro atoms. The van der Waals surface area contributed by atoms with Crippen molar-refractivity contribution in [3.63, 3.8) is 0 Å². The Balaban J connectivity index is 2.00. The van der Waals surface area contributed by atoms with Crippen LogP contribution in [0.2, 0.25) is 5.02 Å². The third-order valence-corrected chi connectivity index (χ3v) is 4.12. The SMILES string of the molecule is C[C@@H](C=O)NC(=O)c1ccc(CCC(O)c2cccc(O)c2)cc1Cl. The van der Waals surface area contributed by atoms with E-state index in [0.717, 1.165) is 5.56 Å². The lowest BCUT2D eigenvalue weighted by Crippen LogP contribution is -2.33. The minimum Gasteiger partial charge on any atom is -0.508 e. The van der Waals surface area contributed by atoms with Crippen LogP contribution < -0.4 is 5.32 Å². The van der Waals surface area contributed by atoms with Crippen molar-refractivity contribution in [1.29, 1.82) is 0 Å². The molecule has 1 amide bonds. The molecule has 5 nitrogen and oxygen atoms in total. The molecule has 3 N–H and O–H groups in total. The second-order valence-electron chi connectivity index (χ2n) is 5.86. The first-order valence-electron chi connectivity index (χ1n) is 7.92. The minimum atomic E-state index is -0.706. The van der Waals surface area contributed by atoms with E-state index in [-0.39, 0.29) is 5.75 Å². The standard InChI is InChI=1S/C19H20ClNO4/c1-12(11-22)21-19(25)16-7-5-13(9-17(16)20)6-8-18(24)14-3-2-4-15(23)10-14/h2-5,7,9-12,18,23-24H,6,8H2,1H3,(H,21,25)/t12-,18?/m0/s1. The number of aldehydes is 1. The number of carbonyl (C=O) groups excluding carboxylic acids is 2. The Morgan fingerprint density at radius 1 is 1.28 bits per heavy atom. The van der Waals surface area contributed by atoms with Crippen molar-refractivity contribution in [3.05, 3.63) is 64.2 Å². The van der Waals surface area contributed by atoms with Crippen molar-refractivity contribution in [2.75, 3.05) is 0 Å². The summed E-state index contributed by atoms with van der Waals surface area (Å²) in [5, 5.41) is 22.5. The molecule has 2 aromatic rings. The number of nitrogens with one attached hydrogen (secondary N) is 1. The first-order valence-corrected chi connectivity index (χ1v) is 8.30. The summed E-state index contributed by atoms with van der Waals surface area (Å²) >= 11 is 6.16. The van der Waals surface area contributed by atoms with E-state index in [1.165, 1.54) is 6.07 Å². The van der Waals surface area contributed by atoms with Gasteiger partial charge in [-0.25, -0.2) is 0 Å². The van der Waals surface area contributed by atoms with Crippen molar-refractivity contribution in [2.24, 2.45) is 0 Å². The first-order chi connectivity index (χ1) is 11.9. The molecule has 0 aliphatic rings. The van der Waals surface area contributed by atoms with Gasteiger partial charge in [-0.15, -0.1) is 0 Å². The van der Waals surface area contributed by atoms with Gasteiger partial charge >= 0.3 is 0 Å². The zero-order chi connectivity index (χ0) is 18.4. The van der Waals surface area contributed by atoms with Crippen LogP contribution in [0.5, 0.6) is 5.75 Å². The Morgan fingerprint density at radius 3 is 2.68 bits per heavy atom. The monoisotopic (exact) mass is 361 g/mol. The Hall–Kier alpha value is -2.37. The fraction of sp³-hybridized carbons (Fsp3) is 0.263. The predicted octanol–water partition coefficient (Wildman–Crippen LogP) is 3.03. The summed E-state index contributed by atoms with van der Waals surface area (Å²) in [7, 11) is 0. The van der Waals surface area contributed by atoms with Crippen LogP contribution in [0.1, 0.15) is 40.9 Å². The normalized spacial score (nSPS) is 13.1. The van der Waals surface area contributed by atoms with E-state index in [4.69, 9.17) is 11.6 Å². The van der Waals surface area contributed by atoms with Crippen LogP contribution in [0, 0.1) is 0 Å². The second-order valence-corrected chi connectivity index (χ2v) is 6.27. The molecule has 0 radical (unpaired) electrons. The van der Waals surface area contributed by atoms with Gasteiger partial charge in [-0.1, -0.05) is 29.8 Å². The maximum absolute atomic E-state index is 12.0. The van der Waals surface area contributed by atoms with Crippen LogP contribution in [0.25, 0.3) is 0 Å². The van der Waals surface area contributed by atoms with E-state index in [1.54, 1.807) is 43.3 Å². The fourth-order valence-electron chi connectivity index (χ4n) is 2.42. The number of benzene rings is 2. The second kappa shape index (κ2) is 8.65. The van der Waals surface area contributed by atoms with Gasteiger partial charge in [0.05, 0.1) is 22.7 Å². The molecular weight excluding hydrogens is 342 g/mol. The number of amides is 1. The quantitative estimate of drug-likeness (QED) is 0.661. The number of halogens is 1. The Bertz CT molecular complexity index is 763. The molecule has 0 bridgehead atoms. The van der Waals surface area contributed by atoms with Gasteiger partial charge in [0.2, 0.25) is 0 Å². The summed E-state index contributed by atoms with van der Waals surface area (Å²) in [4.78, 5) is 22.6. The molecule has 2 atom stereocenters. The van der Waals surface area contributed by atoms with Crippen molar-refractivity contribution in [3.8, 4) is 5.75 Å². The van der Waals surface area contributed by atoms with Gasteiger partial charge in [0, 0.05) is 0 Å². The molecule has 0 saturated heterocycles. The molecule has 0 heterocycles. The molecule has 0 aromatic heterocycles. The first kappa shape index (κ1) is 19.0. The molecule has 0 aliphatic heterocycles. The molecule has 0 fully saturated rings. The molecule has 25 heavy (non-hydrogen) atoms. The maximum Gasteiger partial charge on any atom is 0.253 e. The number of aliphatic hydroxyl groups is 1. The third kappa shape index (κ3) is 5.31. The lowest BCUT2D eigenvalue weighted by molar-refractivity contribution is -0.109. The molecular formula is C19H20ClNO4. The Labute approximate surface area is 151 Å². The van der Waals surface area contributed by atoms with Crippen molar-refractivity contribution >= 4 is 23.8 Å². The van der Waals surface area contributed by atoms with Crippen molar-refractivity contribution in [1.82, 2.24) is 5.32 Å². The average Bonchev–Trinajstić information content (AvgIpc) is 2.59. The minimum absolute atomic E-state index is 0.111. The Kier molecular flexibility index (Phi) is 6.56. The van der Waals surface area contributed by atoms with E-state index >= 15 is 0 Å². The number of aryl methyl sites for hydroxylation is 1. The number of aliphatic hydroxyl groups excluding tert-OH is 1. The summed E-state index contributed by atoms with van der Waals surface area (Å²) in [6, 6.07) is 11.0. The molecule has 0 aliphatic carbocycles. The Morgan fingerprint density at radius 2 is 2.04 bits per heavy atom. The number of hydrogen-bond donors (Lipinski definition) is 3. The number of phenols is 1. The summed E-state index contributed by atoms with van der Waals surface area (Å²) in [6.45, 7) is 1.58. The molecule has 2 rings (SSSR count). The van der Waals surface area contributed by atoms with Gasteiger partial charge in [-0.05, 0) is 55.2 Å². The van der Waals surface area contributed by atoms with Crippen molar-refractivity contribution < 1.29 is 19.8 Å². The van der Waals surface area contributed by atoms with Crippen LogP contribution in [-0.2, 0) is 11.2 Å². The van der Waals surface area contributed by atoms with Gasteiger partial charge < -0.3 is 20.3 Å². The highest BCUT2D eigenvalue weighted by atomic mass is 35.5.